The largest absolute Gasteiger partial charge is 0.431 e. The van der Waals surface area contributed by atoms with Gasteiger partial charge in [-0.1, -0.05) is 19.0 Å². The average molecular weight is 342 g/mol. The van der Waals surface area contributed by atoms with Crippen molar-refractivity contribution in [2.24, 2.45) is 5.92 Å². The highest BCUT2D eigenvalue weighted by atomic mass is 19.4. The Morgan fingerprint density at radius 1 is 1.42 bits per heavy atom. The monoisotopic (exact) mass is 342 g/mol. The number of halogens is 3. The van der Waals surface area contributed by atoms with Crippen molar-refractivity contribution < 1.29 is 22.5 Å². The number of H-pyrrole nitrogens is 1. The van der Waals surface area contributed by atoms with Crippen LogP contribution in [0.3, 0.4) is 0 Å². The van der Waals surface area contributed by atoms with Gasteiger partial charge in [-0.2, -0.15) is 18.2 Å². The molecular weight excluding hydrogens is 325 g/mol. The van der Waals surface area contributed by atoms with Crippen molar-refractivity contribution >= 4 is 5.91 Å². The van der Waals surface area contributed by atoms with Gasteiger partial charge in [-0.3, -0.25) is 4.79 Å². The molecular formula is C15H17F3N4O2. The van der Waals surface area contributed by atoms with E-state index in [-0.39, 0.29) is 17.4 Å². The molecule has 6 nitrogen and oxygen atoms in total. The van der Waals surface area contributed by atoms with E-state index in [0.717, 1.165) is 25.1 Å². The van der Waals surface area contributed by atoms with Crippen LogP contribution in [-0.4, -0.2) is 21.0 Å². The summed E-state index contributed by atoms with van der Waals surface area (Å²) in [6, 6.07) is 0.206. The molecule has 1 fully saturated rings. The fraction of sp³-hybridized carbons (Fsp3) is 0.533. The van der Waals surface area contributed by atoms with E-state index in [1.54, 1.807) is 0 Å². The highest BCUT2D eigenvalue weighted by molar-refractivity contribution is 5.94. The zero-order valence-corrected chi connectivity index (χ0v) is 13.1. The zero-order chi connectivity index (χ0) is 17.5. The first-order valence-corrected chi connectivity index (χ1v) is 7.65. The van der Waals surface area contributed by atoms with E-state index >= 15 is 0 Å². The van der Waals surface area contributed by atoms with Crippen LogP contribution in [0.4, 0.5) is 13.2 Å². The van der Waals surface area contributed by atoms with Gasteiger partial charge in [0.05, 0.1) is 5.56 Å². The van der Waals surface area contributed by atoms with E-state index in [2.05, 4.69) is 20.4 Å². The Kier molecular flexibility index (Phi) is 4.10. The number of aromatic nitrogens is 3. The van der Waals surface area contributed by atoms with Crippen LogP contribution in [0.25, 0.3) is 0 Å². The second-order valence-corrected chi connectivity index (χ2v) is 6.26. The highest BCUT2D eigenvalue weighted by Crippen LogP contribution is 2.38. The lowest BCUT2D eigenvalue weighted by Crippen LogP contribution is -2.31. The normalized spacial score (nSPS) is 16.4. The van der Waals surface area contributed by atoms with E-state index in [1.807, 2.05) is 13.8 Å². The molecule has 0 spiro atoms. The molecule has 0 aliphatic heterocycles. The van der Waals surface area contributed by atoms with Crippen molar-refractivity contribution in [1.29, 1.82) is 0 Å². The highest BCUT2D eigenvalue weighted by Gasteiger charge is 2.34. The predicted octanol–water partition coefficient (Wildman–Crippen LogP) is 3.42. The fourth-order valence-electron chi connectivity index (χ4n) is 2.31. The van der Waals surface area contributed by atoms with Gasteiger partial charge in [0.15, 0.2) is 5.82 Å². The Bertz CT molecular complexity index is 731. The number of nitrogens with one attached hydrogen (secondary N) is 2. The van der Waals surface area contributed by atoms with Gasteiger partial charge in [0.1, 0.15) is 11.7 Å². The van der Waals surface area contributed by atoms with Crippen LogP contribution >= 0.6 is 0 Å². The maximum absolute atomic E-state index is 12.6. The summed E-state index contributed by atoms with van der Waals surface area (Å²) in [6.45, 7) is 3.70. The van der Waals surface area contributed by atoms with Crippen molar-refractivity contribution in [3.63, 3.8) is 0 Å². The lowest BCUT2D eigenvalue weighted by Gasteiger charge is -2.18. The van der Waals surface area contributed by atoms with Crippen LogP contribution in [0.5, 0.6) is 0 Å². The Morgan fingerprint density at radius 3 is 2.67 bits per heavy atom. The minimum Gasteiger partial charge on any atom is -0.357 e. The van der Waals surface area contributed by atoms with Gasteiger partial charge in [-0.15, -0.1) is 0 Å². The first-order chi connectivity index (χ1) is 11.3. The Hall–Kier alpha value is -2.32. The van der Waals surface area contributed by atoms with Gasteiger partial charge in [0.2, 0.25) is 5.89 Å². The molecule has 1 aliphatic carbocycles. The SMILES string of the molecule is CC(C)C(NC(=O)c1c[nH]c(C(F)(F)F)c1)c1nc(C2CC2)no1. The summed E-state index contributed by atoms with van der Waals surface area (Å²) in [5, 5.41) is 6.57. The molecule has 0 radical (unpaired) electrons. The molecule has 2 aromatic rings. The molecule has 2 heterocycles. The number of rotatable bonds is 5. The molecule has 130 valence electrons. The number of nitrogens with zero attached hydrogens (tertiary/aromatic N) is 2. The molecule has 1 saturated carbocycles. The number of carbonyl (C=O) groups excluding carboxylic acids is 1. The molecule has 0 bridgehead atoms. The van der Waals surface area contributed by atoms with Gasteiger partial charge >= 0.3 is 6.18 Å². The number of carbonyl (C=O) groups is 1. The molecule has 9 heteroatoms. The predicted molar refractivity (Wildman–Crippen MR) is 77.1 cm³/mol. The van der Waals surface area contributed by atoms with Crippen LogP contribution in [0.15, 0.2) is 16.8 Å². The van der Waals surface area contributed by atoms with Crippen LogP contribution < -0.4 is 5.32 Å². The Balaban J connectivity index is 1.75. The smallest absolute Gasteiger partial charge is 0.357 e. The van der Waals surface area contributed by atoms with Crippen LogP contribution in [-0.2, 0) is 6.18 Å². The first-order valence-electron chi connectivity index (χ1n) is 7.65. The van der Waals surface area contributed by atoms with Crippen LogP contribution in [0.2, 0.25) is 0 Å². The molecule has 0 aromatic carbocycles. The zero-order valence-electron chi connectivity index (χ0n) is 13.1. The summed E-state index contributed by atoms with van der Waals surface area (Å²) in [7, 11) is 0. The summed E-state index contributed by atoms with van der Waals surface area (Å²) < 4.78 is 43.0. The van der Waals surface area contributed by atoms with E-state index in [0.29, 0.717) is 11.7 Å². The third kappa shape index (κ3) is 3.44. The summed E-state index contributed by atoms with van der Waals surface area (Å²) in [5.41, 5.74) is -1.07. The van der Waals surface area contributed by atoms with Gasteiger partial charge < -0.3 is 14.8 Å². The van der Waals surface area contributed by atoms with Gasteiger partial charge in [0, 0.05) is 12.1 Å². The van der Waals surface area contributed by atoms with Crippen molar-refractivity contribution in [1.82, 2.24) is 20.4 Å². The topological polar surface area (TPSA) is 83.8 Å². The van der Waals surface area contributed by atoms with E-state index in [4.69, 9.17) is 4.52 Å². The molecule has 1 atom stereocenters. The van der Waals surface area contributed by atoms with E-state index in [9.17, 15) is 18.0 Å². The number of amides is 1. The molecule has 2 N–H and O–H groups in total. The first kappa shape index (κ1) is 16.5. The fourth-order valence-corrected chi connectivity index (χ4v) is 2.31. The Morgan fingerprint density at radius 2 is 2.12 bits per heavy atom. The third-order valence-corrected chi connectivity index (χ3v) is 3.87. The minimum absolute atomic E-state index is 0.0671. The van der Waals surface area contributed by atoms with Gasteiger partial charge in [-0.05, 0) is 24.8 Å². The quantitative estimate of drug-likeness (QED) is 0.872. The average Bonchev–Trinajstić information content (AvgIpc) is 3.03. The number of hydrogen-bond donors (Lipinski definition) is 2. The van der Waals surface area contributed by atoms with Crippen LogP contribution in [0, 0.1) is 5.92 Å². The summed E-state index contributed by atoms with van der Waals surface area (Å²) >= 11 is 0. The molecule has 1 aliphatic rings. The van der Waals surface area contributed by atoms with Gasteiger partial charge in [-0.25, -0.2) is 0 Å². The molecule has 3 rings (SSSR count). The summed E-state index contributed by atoms with van der Waals surface area (Å²) in [6.07, 6.45) is -1.47. The van der Waals surface area contributed by atoms with Crippen molar-refractivity contribution in [2.45, 2.75) is 44.8 Å². The summed E-state index contributed by atoms with van der Waals surface area (Å²) in [4.78, 5) is 18.6. The molecule has 1 amide bonds. The lowest BCUT2D eigenvalue weighted by atomic mass is 10.0. The van der Waals surface area contributed by atoms with Crippen molar-refractivity contribution in [2.75, 3.05) is 0 Å². The van der Waals surface area contributed by atoms with Crippen LogP contribution in [0.1, 0.15) is 66.4 Å². The maximum Gasteiger partial charge on any atom is 0.431 e. The molecule has 1 unspecified atom stereocenters. The van der Waals surface area contributed by atoms with E-state index in [1.165, 1.54) is 0 Å². The summed E-state index contributed by atoms with van der Waals surface area (Å²) in [5.74, 6) is 0.497. The number of hydrogen-bond acceptors (Lipinski definition) is 4. The van der Waals surface area contributed by atoms with Crippen molar-refractivity contribution in [3.8, 4) is 0 Å². The Labute approximate surface area is 135 Å². The third-order valence-electron chi connectivity index (χ3n) is 3.87. The van der Waals surface area contributed by atoms with Crippen molar-refractivity contribution in [3.05, 3.63) is 35.2 Å². The standard InChI is InChI=1S/C15H17F3N4O2/c1-7(2)11(14-21-12(22-24-14)8-3-4-8)20-13(23)9-5-10(19-6-9)15(16,17)18/h5-8,11,19H,3-4H2,1-2H3,(H,20,23). The maximum atomic E-state index is 12.6. The molecule has 24 heavy (non-hydrogen) atoms. The number of alkyl halides is 3. The molecule has 2 aromatic heterocycles. The second-order valence-electron chi connectivity index (χ2n) is 6.26. The minimum atomic E-state index is -4.53. The molecule has 0 saturated heterocycles. The number of aromatic amines is 1. The van der Waals surface area contributed by atoms with Gasteiger partial charge in [0.25, 0.3) is 5.91 Å². The second kappa shape index (κ2) is 5.95. The lowest BCUT2D eigenvalue weighted by molar-refractivity contribution is -0.140. The van der Waals surface area contributed by atoms with E-state index < -0.39 is 23.8 Å².